The number of nitrogens with zero attached hydrogens (tertiary/aromatic N) is 1. The van der Waals surface area contributed by atoms with Crippen LogP contribution in [0.25, 0.3) is 0 Å². The molecule has 0 radical (unpaired) electrons. The van der Waals surface area contributed by atoms with Gasteiger partial charge in [0.2, 0.25) is 0 Å². The van der Waals surface area contributed by atoms with Gasteiger partial charge in [-0.2, -0.15) is 0 Å². The first-order valence-corrected chi connectivity index (χ1v) is 5.83. The van der Waals surface area contributed by atoms with Crippen LogP contribution in [0.15, 0.2) is 0 Å². The molecule has 0 aromatic heterocycles. The van der Waals surface area contributed by atoms with Crippen LogP contribution in [0.5, 0.6) is 0 Å². The number of hydrogen-bond donors (Lipinski definition) is 1. The van der Waals surface area contributed by atoms with Crippen LogP contribution in [0.1, 0.15) is 46.5 Å². The van der Waals surface area contributed by atoms with Crippen molar-refractivity contribution < 1.29 is 5.11 Å². The van der Waals surface area contributed by atoms with E-state index in [0.29, 0.717) is 6.04 Å². The zero-order valence-corrected chi connectivity index (χ0v) is 10.1. The highest BCUT2D eigenvalue weighted by Gasteiger charge is 2.27. The smallest absolute Gasteiger partial charge is 0.0718 e. The Kier molecular flexibility index (Phi) is 3.96. The average Bonchev–Trinajstić information content (AvgIpc) is 2.01. The Hall–Kier alpha value is -0.0800. The van der Waals surface area contributed by atoms with E-state index >= 15 is 0 Å². The molecule has 2 unspecified atom stereocenters. The fourth-order valence-electron chi connectivity index (χ4n) is 2.68. The first-order chi connectivity index (χ1) is 6.40. The van der Waals surface area contributed by atoms with Crippen molar-refractivity contribution in [2.24, 2.45) is 5.92 Å². The summed E-state index contributed by atoms with van der Waals surface area (Å²) in [6, 6.07) is 0.676. The first kappa shape index (κ1) is 12.0. The lowest BCUT2D eigenvalue weighted by Crippen LogP contribution is -2.45. The molecule has 0 saturated heterocycles. The Morgan fingerprint density at radius 1 is 1.29 bits per heavy atom. The minimum Gasteiger partial charge on any atom is -0.389 e. The summed E-state index contributed by atoms with van der Waals surface area (Å²) in [5.74, 6) is 0.788. The fourth-order valence-corrected chi connectivity index (χ4v) is 2.68. The molecule has 1 aliphatic carbocycles. The van der Waals surface area contributed by atoms with Crippen LogP contribution < -0.4 is 0 Å². The molecule has 0 heterocycles. The molecule has 84 valence electrons. The van der Waals surface area contributed by atoms with Crippen molar-refractivity contribution >= 4 is 0 Å². The van der Waals surface area contributed by atoms with Gasteiger partial charge in [0, 0.05) is 12.6 Å². The lowest BCUT2D eigenvalue weighted by Gasteiger charge is -2.38. The van der Waals surface area contributed by atoms with Crippen molar-refractivity contribution in [1.82, 2.24) is 4.90 Å². The molecular weight excluding hydrogens is 174 g/mol. The standard InChI is InChI=1S/C12H25NO/c1-10-7-5-6-8-11(10)13(4)9-12(2,3)14/h10-11,14H,5-9H2,1-4H3. The summed E-state index contributed by atoms with van der Waals surface area (Å²) in [6.45, 7) is 6.89. The van der Waals surface area contributed by atoms with E-state index in [9.17, 15) is 5.11 Å². The molecule has 1 N–H and O–H groups in total. The highest BCUT2D eigenvalue weighted by molar-refractivity contribution is 4.82. The van der Waals surface area contributed by atoms with E-state index < -0.39 is 5.60 Å². The second-order valence-corrected chi connectivity index (χ2v) is 5.56. The van der Waals surface area contributed by atoms with Gasteiger partial charge in [-0.05, 0) is 39.7 Å². The zero-order chi connectivity index (χ0) is 10.8. The normalized spacial score (nSPS) is 29.6. The second-order valence-electron chi connectivity index (χ2n) is 5.56. The molecule has 2 heteroatoms. The van der Waals surface area contributed by atoms with E-state index in [-0.39, 0.29) is 0 Å². The molecule has 1 aliphatic rings. The van der Waals surface area contributed by atoms with E-state index in [1.165, 1.54) is 25.7 Å². The second kappa shape index (κ2) is 4.63. The molecule has 0 bridgehead atoms. The van der Waals surface area contributed by atoms with Gasteiger partial charge >= 0.3 is 0 Å². The highest BCUT2D eigenvalue weighted by Crippen LogP contribution is 2.27. The lowest BCUT2D eigenvalue weighted by molar-refractivity contribution is 0.0151. The summed E-state index contributed by atoms with van der Waals surface area (Å²) >= 11 is 0. The van der Waals surface area contributed by atoms with Crippen LogP contribution in [0.2, 0.25) is 0 Å². The van der Waals surface area contributed by atoms with E-state index in [1.54, 1.807) is 0 Å². The van der Waals surface area contributed by atoms with Gasteiger partial charge in [0.05, 0.1) is 5.60 Å². The Morgan fingerprint density at radius 2 is 1.86 bits per heavy atom. The summed E-state index contributed by atoms with van der Waals surface area (Å²) in [6.07, 6.45) is 5.38. The highest BCUT2D eigenvalue weighted by atomic mass is 16.3. The molecule has 2 nitrogen and oxygen atoms in total. The Bertz CT molecular complexity index is 174. The maximum Gasteiger partial charge on any atom is 0.0718 e. The van der Waals surface area contributed by atoms with Crippen molar-refractivity contribution in [2.45, 2.75) is 58.1 Å². The van der Waals surface area contributed by atoms with E-state index in [4.69, 9.17) is 0 Å². The Labute approximate surface area is 88.3 Å². The maximum atomic E-state index is 9.76. The molecule has 0 aromatic rings. The minimum atomic E-state index is -0.564. The van der Waals surface area contributed by atoms with Crippen LogP contribution in [-0.2, 0) is 0 Å². The summed E-state index contributed by atoms with van der Waals surface area (Å²) in [5, 5.41) is 9.76. The molecule has 2 atom stereocenters. The quantitative estimate of drug-likeness (QED) is 0.753. The van der Waals surface area contributed by atoms with Crippen LogP contribution in [0, 0.1) is 5.92 Å². The summed E-state index contributed by atoms with van der Waals surface area (Å²) in [5.41, 5.74) is -0.564. The van der Waals surface area contributed by atoms with E-state index in [1.807, 2.05) is 13.8 Å². The van der Waals surface area contributed by atoms with E-state index in [0.717, 1.165) is 12.5 Å². The third-order valence-electron chi connectivity index (χ3n) is 3.27. The Balaban J connectivity index is 2.46. The fraction of sp³-hybridized carbons (Fsp3) is 1.00. The summed E-state index contributed by atoms with van der Waals surface area (Å²) in [4.78, 5) is 2.34. The Morgan fingerprint density at radius 3 is 2.36 bits per heavy atom. The number of hydrogen-bond acceptors (Lipinski definition) is 2. The summed E-state index contributed by atoms with van der Waals surface area (Å²) < 4.78 is 0. The molecule has 0 aliphatic heterocycles. The van der Waals surface area contributed by atoms with Gasteiger partial charge in [-0.3, -0.25) is 0 Å². The third kappa shape index (κ3) is 3.58. The minimum absolute atomic E-state index is 0.564. The predicted molar refractivity (Wildman–Crippen MR) is 60.3 cm³/mol. The van der Waals surface area contributed by atoms with Gasteiger partial charge < -0.3 is 10.0 Å². The van der Waals surface area contributed by atoms with Gasteiger partial charge in [-0.25, -0.2) is 0 Å². The molecule has 0 spiro atoms. The van der Waals surface area contributed by atoms with Crippen molar-refractivity contribution in [2.75, 3.05) is 13.6 Å². The van der Waals surface area contributed by atoms with Crippen LogP contribution >= 0.6 is 0 Å². The van der Waals surface area contributed by atoms with Crippen molar-refractivity contribution in [3.05, 3.63) is 0 Å². The topological polar surface area (TPSA) is 23.5 Å². The number of rotatable bonds is 3. The van der Waals surface area contributed by atoms with Gasteiger partial charge in [0.1, 0.15) is 0 Å². The van der Waals surface area contributed by atoms with Gasteiger partial charge in [-0.1, -0.05) is 19.8 Å². The zero-order valence-electron chi connectivity index (χ0n) is 10.1. The van der Waals surface area contributed by atoms with E-state index in [2.05, 4.69) is 18.9 Å². The molecule has 0 amide bonds. The SMILES string of the molecule is CC1CCCCC1N(C)CC(C)(C)O. The van der Waals surface area contributed by atoms with Gasteiger partial charge in [0.15, 0.2) is 0 Å². The molecule has 14 heavy (non-hydrogen) atoms. The van der Waals surface area contributed by atoms with Gasteiger partial charge in [0.25, 0.3) is 0 Å². The molecule has 0 aromatic carbocycles. The van der Waals surface area contributed by atoms with Crippen molar-refractivity contribution in [1.29, 1.82) is 0 Å². The molecule has 1 saturated carbocycles. The average molecular weight is 199 g/mol. The molecular formula is C12H25NO. The van der Waals surface area contributed by atoms with Gasteiger partial charge in [-0.15, -0.1) is 0 Å². The number of aliphatic hydroxyl groups is 1. The lowest BCUT2D eigenvalue weighted by atomic mass is 9.84. The first-order valence-electron chi connectivity index (χ1n) is 5.83. The number of likely N-dealkylation sites (N-methyl/N-ethyl adjacent to an activating group) is 1. The maximum absolute atomic E-state index is 9.76. The third-order valence-corrected chi connectivity index (χ3v) is 3.27. The van der Waals surface area contributed by atoms with Crippen LogP contribution in [0.3, 0.4) is 0 Å². The van der Waals surface area contributed by atoms with Crippen molar-refractivity contribution in [3.63, 3.8) is 0 Å². The molecule has 1 rings (SSSR count). The molecule has 1 fully saturated rings. The monoisotopic (exact) mass is 199 g/mol. The van der Waals surface area contributed by atoms with Crippen LogP contribution in [-0.4, -0.2) is 35.2 Å². The largest absolute Gasteiger partial charge is 0.389 e. The van der Waals surface area contributed by atoms with Crippen LogP contribution in [0.4, 0.5) is 0 Å². The van der Waals surface area contributed by atoms with Crippen molar-refractivity contribution in [3.8, 4) is 0 Å². The predicted octanol–water partition coefficient (Wildman–Crippen LogP) is 2.27. The summed E-state index contributed by atoms with van der Waals surface area (Å²) in [7, 11) is 2.14.